The zero-order valence-electron chi connectivity index (χ0n) is 17.6. The fourth-order valence-electron chi connectivity index (χ4n) is 4.97. The summed E-state index contributed by atoms with van der Waals surface area (Å²) < 4.78 is 28.4. The Morgan fingerprint density at radius 2 is 1.48 bits per heavy atom. The highest BCUT2D eigenvalue weighted by atomic mass is 35.5. The number of hydrogen-bond acceptors (Lipinski definition) is 3. The van der Waals surface area contributed by atoms with Gasteiger partial charge in [-0.05, 0) is 47.8 Å². The zero-order chi connectivity index (χ0) is 20.6. The Morgan fingerprint density at radius 3 is 2.29 bits per heavy atom. The van der Waals surface area contributed by atoms with E-state index in [1.807, 2.05) is 36.4 Å². The Morgan fingerprint density at radius 1 is 0.806 bits per heavy atom. The third-order valence-electron chi connectivity index (χ3n) is 6.67. The van der Waals surface area contributed by atoms with Crippen LogP contribution in [-0.4, -0.2) is 43.8 Å². The molecule has 5 rings (SSSR count). The second kappa shape index (κ2) is 9.29. The maximum absolute atomic E-state index is 13.4. The molecule has 3 aromatic rings. The Bertz CT molecular complexity index is 1150. The predicted octanol–water partition coefficient (Wildman–Crippen LogP) is 4.72. The minimum Gasteiger partial charge on any atom is -0.298 e. The van der Waals surface area contributed by atoms with Crippen LogP contribution in [0.4, 0.5) is 0 Å². The van der Waals surface area contributed by atoms with E-state index in [0.29, 0.717) is 23.9 Å². The monoisotopic (exact) mass is 456 g/mol. The topological polar surface area (TPSA) is 40.6 Å². The molecule has 0 radical (unpaired) electrons. The first kappa shape index (κ1) is 22.3. The molecule has 2 aliphatic rings. The minimum absolute atomic E-state index is 0. The van der Waals surface area contributed by atoms with Crippen LogP contribution in [0.5, 0.6) is 0 Å². The quantitative estimate of drug-likeness (QED) is 0.570. The molecule has 1 saturated heterocycles. The fraction of sp³-hybridized carbons (Fsp3) is 0.360. The molecule has 0 unspecified atom stereocenters. The van der Waals surface area contributed by atoms with Crippen molar-refractivity contribution in [3.05, 3.63) is 77.9 Å². The van der Waals surface area contributed by atoms with Crippen LogP contribution in [0.2, 0.25) is 0 Å². The van der Waals surface area contributed by atoms with Gasteiger partial charge in [0.25, 0.3) is 0 Å². The third kappa shape index (κ3) is 4.51. The van der Waals surface area contributed by atoms with Crippen molar-refractivity contribution in [2.24, 2.45) is 5.92 Å². The Hall–Kier alpha value is -1.92. The summed E-state index contributed by atoms with van der Waals surface area (Å²) in [7, 11) is -3.47. The van der Waals surface area contributed by atoms with Gasteiger partial charge >= 0.3 is 0 Å². The number of benzene rings is 3. The first-order valence-corrected chi connectivity index (χ1v) is 12.3. The molecule has 3 aromatic carbocycles. The predicted molar refractivity (Wildman–Crippen MR) is 128 cm³/mol. The van der Waals surface area contributed by atoms with Gasteiger partial charge < -0.3 is 0 Å². The molecule has 4 nitrogen and oxygen atoms in total. The number of piperidine rings is 1. The third-order valence-corrected chi connectivity index (χ3v) is 8.62. The largest absolute Gasteiger partial charge is 0.298 e. The Balaban J connectivity index is 0.00000231. The summed E-state index contributed by atoms with van der Waals surface area (Å²) in [6.45, 7) is 4.41. The molecule has 0 aromatic heterocycles. The molecule has 0 atom stereocenters. The molecule has 0 spiro atoms. The first-order valence-electron chi connectivity index (χ1n) is 10.9. The normalized spacial score (nSPS) is 18.5. The summed E-state index contributed by atoms with van der Waals surface area (Å²) in [5, 5.41) is 1.79. The van der Waals surface area contributed by atoms with Crippen LogP contribution in [0.1, 0.15) is 24.0 Å². The zero-order valence-corrected chi connectivity index (χ0v) is 19.2. The Labute approximate surface area is 191 Å². The number of sulfonamides is 1. The Kier molecular flexibility index (Phi) is 6.68. The van der Waals surface area contributed by atoms with E-state index in [2.05, 4.69) is 29.2 Å². The highest BCUT2D eigenvalue weighted by Crippen LogP contribution is 2.30. The molecule has 0 saturated carbocycles. The van der Waals surface area contributed by atoms with Gasteiger partial charge in [-0.15, -0.1) is 12.4 Å². The van der Waals surface area contributed by atoms with Crippen LogP contribution < -0.4 is 0 Å². The lowest BCUT2D eigenvalue weighted by Crippen LogP contribution is -2.42. The van der Waals surface area contributed by atoms with E-state index in [9.17, 15) is 8.42 Å². The van der Waals surface area contributed by atoms with Crippen LogP contribution in [0.25, 0.3) is 10.8 Å². The van der Waals surface area contributed by atoms with Gasteiger partial charge in [0.15, 0.2) is 0 Å². The molecule has 0 amide bonds. The van der Waals surface area contributed by atoms with Gasteiger partial charge in [-0.2, -0.15) is 4.31 Å². The summed E-state index contributed by atoms with van der Waals surface area (Å²) in [5.41, 5.74) is 2.92. The van der Waals surface area contributed by atoms with Crippen molar-refractivity contribution in [3.8, 4) is 0 Å². The van der Waals surface area contributed by atoms with E-state index in [1.165, 1.54) is 11.1 Å². The minimum atomic E-state index is -3.47. The van der Waals surface area contributed by atoms with Crippen molar-refractivity contribution < 1.29 is 8.42 Å². The van der Waals surface area contributed by atoms with Crippen molar-refractivity contribution in [1.29, 1.82) is 0 Å². The van der Waals surface area contributed by atoms with Crippen LogP contribution in [0, 0.1) is 5.92 Å². The van der Waals surface area contributed by atoms with Gasteiger partial charge in [-0.25, -0.2) is 8.42 Å². The average Bonchev–Trinajstić information content (AvgIpc) is 2.79. The second-order valence-electron chi connectivity index (χ2n) is 8.58. The van der Waals surface area contributed by atoms with E-state index in [-0.39, 0.29) is 12.4 Å². The summed E-state index contributed by atoms with van der Waals surface area (Å²) in [6, 6.07) is 22.0. The number of nitrogens with zero attached hydrogens (tertiary/aromatic N) is 2. The molecule has 0 N–H and O–H groups in total. The van der Waals surface area contributed by atoms with Crippen LogP contribution in [0.3, 0.4) is 0 Å². The number of halogens is 1. The van der Waals surface area contributed by atoms with E-state index >= 15 is 0 Å². The van der Waals surface area contributed by atoms with Crippen LogP contribution >= 0.6 is 12.4 Å². The van der Waals surface area contributed by atoms with Gasteiger partial charge in [0.05, 0.1) is 4.90 Å². The molecule has 164 valence electrons. The molecule has 0 bridgehead atoms. The second-order valence-corrected chi connectivity index (χ2v) is 10.5. The molecule has 31 heavy (non-hydrogen) atoms. The smallest absolute Gasteiger partial charge is 0.243 e. The molecular weight excluding hydrogens is 428 g/mol. The lowest BCUT2D eigenvalue weighted by atomic mass is 9.94. The van der Waals surface area contributed by atoms with Gasteiger partial charge in [-0.1, -0.05) is 60.7 Å². The standard InChI is InChI=1S/C25H28N2O2S.ClH/c28-30(29,25-11-5-9-22-7-3-4-10-24(22)25)27-16-12-20(13-17-27)18-26-15-14-21-6-1-2-8-23(21)19-26;/h1-11,20H,12-19H2;1H. The van der Waals surface area contributed by atoms with Crippen LogP contribution in [0.15, 0.2) is 71.6 Å². The van der Waals surface area contributed by atoms with Crippen LogP contribution in [-0.2, 0) is 23.0 Å². The number of hydrogen-bond donors (Lipinski definition) is 0. The van der Waals surface area contributed by atoms with Gasteiger partial charge in [-0.3, -0.25) is 4.90 Å². The van der Waals surface area contributed by atoms with E-state index in [1.54, 1.807) is 10.4 Å². The molecule has 6 heteroatoms. The van der Waals surface area contributed by atoms with Crippen molar-refractivity contribution in [2.45, 2.75) is 30.7 Å². The fourth-order valence-corrected chi connectivity index (χ4v) is 6.65. The molecule has 2 aliphatic heterocycles. The van der Waals surface area contributed by atoms with E-state index < -0.39 is 10.0 Å². The lowest BCUT2D eigenvalue weighted by molar-refractivity contribution is 0.171. The van der Waals surface area contributed by atoms with Gasteiger partial charge in [0.1, 0.15) is 0 Å². The summed E-state index contributed by atoms with van der Waals surface area (Å²) in [4.78, 5) is 2.98. The average molecular weight is 457 g/mol. The summed E-state index contributed by atoms with van der Waals surface area (Å²) in [6.07, 6.45) is 2.98. The lowest BCUT2D eigenvalue weighted by Gasteiger charge is -2.36. The molecule has 1 fully saturated rings. The van der Waals surface area contributed by atoms with Gasteiger partial charge in [0.2, 0.25) is 10.0 Å². The van der Waals surface area contributed by atoms with E-state index in [0.717, 1.165) is 49.7 Å². The van der Waals surface area contributed by atoms with Gasteiger partial charge in [0, 0.05) is 38.1 Å². The van der Waals surface area contributed by atoms with Crippen molar-refractivity contribution >= 4 is 33.2 Å². The SMILES string of the molecule is Cl.O=S(=O)(c1cccc2ccccc12)N1CCC(CN2CCc3ccccc3C2)CC1. The van der Waals surface area contributed by atoms with Crippen molar-refractivity contribution in [2.75, 3.05) is 26.2 Å². The van der Waals surface area contributed by atoms with Crippen molar-refractivity contribution in [3.63, 3.8) is 0 Å². The van der Waals surface area contributed by atoms with E-state index in [4.69, 9.17) is 0 Å². The maximum atomic E-state index is 13.4. The first-order chi connectivity index (χ1) is 14.6. The molecule has 0 aliphatic carbocycles. The molecular formula is C25H29ClN2O2S. The highest BCUT2D eigenvalue weighted by Gasteiger charge is 2.31. The van der Waals surface area contributed by atoms with Crippen molar-refractivity contribution in [1.82, 2.24) is 9.21 Å². The maximum Gasteiger partial charge on any atom is 0.243 e. The number of fused-ring (bicyclic) bond motifs is 2. The molecule has 2 heterocycles. The summed E-state index contributed by atoms with van der Waals surface area (Å²) in [5.74, 6) is 0.564. The highest BCUT2D eigenvalue weighted by molar-refractivity contribution is 7.89. The summed E-state index contributed by atoms with van der Waals surface area (Å²) >= 11 is 0. The number of rotatable bonds is 4.